The van der Waals surface area contributed by atoms with Crippen LogP contribution in [-0.4, -0.2) is 15.9 Å². The fourth-order valence-electron chi connectivity index (χ4n) is 2.53. The first-order chi connectivity index (χ1) is 13.5. The highest BCUT2D eigenvalue weighted by molar-refractivity contribution is 5.76. The molecule has 1 N–H and O–H groups in total. The molecule has 0 aliphatic carbocycles. The number of hydrogen-bond acceptors (Lipinski definition) is 4. The Balaban J connectivity index is 1.62. The van der Waals surface area contributed by atoms with Crippen LogP contribution in [0, 0.1) is 18.6 Å². The maximum atomic E-state index is 14.1. The molecule has 3 aromatic rings. The lowest BCUT2D eigenvalue weighted by Gasteiger charge is -2.12. The molecule has 3 rings (SSSR count). The molecule has 0 saturated heterocycles. The van der Waals surface area contributed by atoms with Crippen LogP contribution in [0.3, 0.4) is 0 Å². The van der Waals surface area contributed by atoms with Crippen molar-refractivity contribution in [3.05, 3.63) is 83.3 Å². The highest BCUT2D eigenvalue weighted by Crippen LogP contribution is 2.28. The van der Waals surface area contributed by atoms with Gasteiger partial charge in [0.2, 0.25) is 17.6 Å². The molecule has 7 heteroatoms. The van der Waals surface area contributed by atoms with Crippen LogP contribution < -0.4 is 10.1 Å². The van der Waals surface area contributed by atoms with Crippen LogP contribution in [0.15, 0.2) is 54.9 Å². The monoisotopic (exact) mass is 383 g/mol. The second-order valence-corrected chi connectivity index (χ2v) is 6.18. The molecule has 0 aliphatic heterocycles. The molecule has 2 aromatic heterocycles. The summed E-state index contributed by atoms with van der Waals surface area (Å²) in [6.45, 7) is 1.62. The van der Waals surface area contributed by atoms with Gasteiger partial charge in [0.1, 0.15) is 0 Å². The molecule has 1 amide bonds. The van der Waals surface area contributed by atoms with E-state index < -0.39 is 11.6 Å². The quantitative estimate of drug-likeness (QED) is 0.667. The minimum Gasteiger partial charge on any atom is -0.435 e. The van der Waals surface area contributed by atoms with E-state index in [1.807, 2.05) is 18.2 Å². The van der Waals surface area contributed by atoms with Gasteiger partial charge in [-0.15, -0.1) is 0 Å². The predicted molar refractivity (Wildman–Crippen MR) is 99.8 cm³/mol. The molecular weight excluding hydrogens is 364 g/mol. The van der Waals surface area contributed by atoms with Crippen molar-refractivity contribution in [1.29, 1.82) is 0 Å². The Bertz CT molecular complexity index is 965. The molecule has 0 bridgehead atoms. The van der Waals surface area contributed by atoms with Gasteiger partial charge in [0.15, 0.2) is 11.6 Å². The number of aryl methyl sites for hydroxylation is 2. The number of aromatic nitrogens is 2. The Kier molecular flexibility index (Phi) is 6.26. The third-order valence-electron chi connectivity index (χ3n) is 4.11. The van der Waals surface area contributed by atoms with Gasteiger partial charge >= 0.3 is 0 Å². The second kappa shape index (κ2) is 9.03. The van der Waals surface area contributed by atoms with Crippen LogP contribution in [0.5, 0.6) is 11.6 Å². The smallest absolute Gasteiger partial charge is 0.224 e. The molecule has 28 heavy (non-hydrogen) atoms. The Hall–Kier alpha value is -3.35. The third kappa shape index (κ3) is 4.88. The van der Waals surface area contributed by atoms with Crippen molar-refractivity contribution in [2.24, 2.45) is 0 Å². The number of amides is 1. The van der Waals surface area contributed by atoms with E-state index in [1.54, 1.807) is 18.3 Å². The number of benzene rings is 1. The number of ether oxygens (including phenoxy) is 1. The first-order valence-electron chi connectivity index (χ1n) is 8.77. The van der Waals surface area contributed by atoms with Crippen molar-refractivity contribution in [3.63, 3.8) is 0 Å². The van der Waals surface area contributed by atoms with Crippen molar-refractivity contribution >= 4 is 5.91 Å². The molecule has 0 spiro atoms. The zero-order chi connectivity index (χ0) is 19.9. The average molecular weight is 383 g/mol. The summed E-state index contributed by atoms with van der Waals surface area (Å²) in [7, 11) is 0. The summed E-state index contributed by atoms with van der Waals surface area (Å²) < 4.78 is 33.2. The average Bonchev–Trinajstić information content (AvgIpc) is 2.72. The minimum atomic E-state index is -1.07. The molecule has 2 heterocycles. The first-order valence-corrected chi connectivity index (χ1v) is 8.77. The van der Waals surface area contributed by atoms with E-state index in [4.69, 9.17) is 4.74 Å². The third-order valence-corrected chi connectivity index (χ3v) is 4.11. The fourth-order valence-corrected chi connectivity index (χ4v) is 2.53. The first kappa shape index (κ1) is 19.4. The van der Waals surface area contributed by atoms with Crippen LogP contribution in [0.25, 0.3) is 0 Å². The predicted octanol–water partition coefficient (Wildman–Crippen LogP) is 4.10. The number of nitrogens with one attached hydrogen (secondary N) is 1. The Morgan fingerprint density at radius 2 is 1.86 bits per heavy atom. The molecule has 5 nitrogen and oxygen atoms in total. The molecular formula is C21H19F2N3O2. The van der Waals surface area contributed by atoms with Crippen molar-refractivity contribution in [1.82, 2.24) is 15.3 Å². The van der Waals surface area contributed by atoms with Crippen LogP contribution >= 0.6 is 0 Å². The number of carbonyl (C=O) groups is 1. The Morgan fingerprint density at radius 3 is 2.64 bits per heavy atom. The van der Waals surface area contributed by atoms with E-state index >= 15 is 0 Å². The van der Waals surface area contributed by atoms with Crippen LogP contribution in [0.1, 0.15) is 23.2 Å². The molecule has 0 atom stereocenters. The number of pyridine rings is 2. The lowest BCUT2D eigenvalue weighted by Crippen LogP contribution is -2.23. The largest absolute Gasteiger partial charge is 0.435 e. The summed E-state index contributed by atoms with van der Waals surface area (Å²) in [5.74, 6) is -2.35. The number of nitrogens with zero attached hydrogens (tertiary/aromatic N) is 2. The van der Waals surface area contributed by atoms with Gasteiger partial charge < -0.3 is 10.1 Å². The summed E-state index contributed by atoms with van der Waals surface area (Å²) in [4.78, 5) is 20.3. The normalized spacial score (nSPS) is 10.5. The maximum absolute atomic E-state index is 14.1. The van der Waals surface area contributed by atoms with E-state index in [2.05, 4.69) is 15.3 Å². The van der Waals surface area contributed by atoms with Crippen molar-refractivity contribution in [2.75, 3.05) is 0 Å². The van der Waals surface area contributed by atoms with Crippen molar-refractivity contribution < 1.29 is 18.3 Å². The summed E-state index contributed by atoms with van der Waals surface area (Å²) in [6, 6.07) is 11.7. The van der Waals surface area contributed by atoms with Gasteiger partial charge in [0.05, 0.1) is 0 Å². The molecule has 1 aromatic carbocycles. The molecule has 0 unspecified atom stereocenters. The van der Waals surface area contributed by atoms with E-state index in [0.29, 0.717) is 12.0 Å². The van der Waals surface area contributed by atoms with Gasteiger partial charge in [-0.05, 0) is 43.2 Å². The number of hydrogen-bond donors (Lipinski definition) is 1. The molecule has 0 saturated carbocycles. The minimum absolute atomic E-state index is 0.106. The highest BCUT2D eigenvalue weighted by Gasteiger charge is 2.15. The van der Waals surface area contributed by atoms with E-state index in [1.165, 1.54) is 25.3 Å². The van der Waals surface area contributed by atoms with Gasteiger partial charge in [-0.1, -0.05) is 18.2 Å². The van der Waals surface area contributed by atoms with Gasteiger partial charge in [0, 0.05) is 36.6 Å². The zero-order valence-corrected chi connectivity index (χ0v) is 15.3. The molecule has 144 valence electrons. The van der Waals surface area contributed by atoms with Gasteiger partial charge in [-0.25, -0.2) is 9.37 Å². The maximum Gasteiger partial charge on any atom is 0.224 e. The summed E-state index contributed by atoms with van der Waals surface area (Å²) in [5.41, 5.74) is 1.57. The molecule has 0 fully saturated rings. The Morgan fingerprint density at radius 1 is 1.04 bits per heavy atom. The van der Waals surface area contributed by atoms with E-state index in [9.17, 15) is 13.6 Å². The number of rotatable bonds is 7. The van der Waals surface area contributed by atoms with Gasteiger partial charge in [0.25, 0.3) is 0 Å². The highest BCUT2D eigenvalue weighted by atomic mass is 19.2. The van der Waals surface area contributed by atoms with Crippen LogP contribution in [-0.2, 0) is 17.8 Å². The summed E-state index contributed by atoms with van der Waals surface area (Å²) in [5, 5.41) is 2.78. The van der Waals surface area contributed by atoms with Crippen LogP contribution in [0.4, 0.5) is 8.78 Å². The topological polar surface area (TPSA) is 64.1 Å². The van der Waals surface area contributed by atoms with Crippen molar-refractivity contribution in [3.8, 4) is 11.6 Å². The Labute approximate surface area is 161 Å². The number of carbonyl (C=O) groups excluding carboxylic acids is 1. The number of halogens is 2. The second-order valence-electron chi connectivity index (χ2n) is 6.18. The summed E-state index contributed by atoms with van der Waals surface area (Å²) >= 11 is 0. The molecule has 0 aliphatic rings. The lowest BCUT2D eigenvalue weighted by atomic mass is 10.2. The van der Waals surface area contributed by atoms with Crippen molar-refractivity contribution in [2.45, 2.75) is 26.3 Å². The van der Waals surface area contributed by atoms with Crippen LogP contribution in [0.2, 0.25) is 0 Å². The molecule has 0 radical (unpaired) electrons. The van der Waals surface area contributed by atoms with E-state index in [0.717, 1.165) is 5.69 Å². The standard InChI is InChI=1S/C21H19F2N3O2/c1-14-7-9-17(20(23)19(14)22)28-21-15(5-4-12-25-21)13-26-18(27)10-8-16-6-2-3-11-24-16/h2-7,9,11-12H,8,10,13H2,1H3,(H,26,27). The van der Waals surface area contributed by atoms with Gasteiger partial charge in [-0.2, -0.15) is 4.39 Å². The lowest BCUT2D eigenvalue weighted by molar-refractivity contribution is -0.121. The summed E-state index contributed by atoms with van der Waals surface area (Å²) in [6.07, 6.45) is 3.96. The SMILES string of the molecule is Cc1ccc(Oc2ncccc2CNC(=O)CCc2ccccn2)c(F)c1F. The zero-order valence-electron chi connectivity index (χ0n) is 15.3. The fraction of sp³-hybridized carbons (Fsp3) is 0.190. The van der Waals surface area contributed by atoms with E-state index in [-0.39, 0.29) is 36.1 Å². The van der Waals surface area contributed by atoms with Gasteiger partial charge in [-0.3, -0.25) is 9.78 Å².